The van der Waals surface area contributed by atoms with Crippen molar-refractivity contribution in [3.05, 3.63) is 29.8 Å². The van der Waals surface area contributed by atoms with Gasteiger partial charge in [0.2, 0.25) is 9.84 Å². The molecule has 6 nitrogen and oxygen atoms in total. The number of carboxylic acid groups (broad SMARTS) is 1. The molecule has 2 unspecified atom stereocenters. The molecule has 0 amide bonds. The lowest BCUT2D eigenvalue weighted by atomic mass is 9.98. The predicted molar refractivity (Wildman–Crippen MR) is 81.3 cm³/mol. The van der Waals surface area contributed by atoms with Crippen molar-refractivity contribution >= 4 is 15.8 Å². The van der Waals surface area contributed by atoms with Crippen molar-refractivity contribution < 1.29 is 23.1 Å². The molecule has 2 N–H and O–H groups in total. The average Bonchev–Trinajstić information content (AvgIpc) is 2.83. The number of hydrogen-bond acceptors (Lipinski definition) is 5. The van der Waals surface area contributed by atoms with E-state index in [4.69, 9.17) is 4.74 Å². The minimum atomic E-state index is -3.63. The molecule has 0 bridgehead atoms. The Morgan fingerprint density at radius 1 is 1.36 bits per heavy atom. The second-order valence-corrected chi connectivity index (χ2v) is 7.79. The molecule has 4 atom stereocenters. The number of ether oxygens (including phenoxy) is 1. The van der Waals surface area contributed by atoms with Gasteiger partial charge in [0.25, 0.3) is 0 Å². The number of rotatable bonds is 5. The maximum absolute atomic E-state index is 12.6. The number of hydrogen-bond donors (Lipinski definition) is 2. The van der Waals surface area contributed by atoms with Crippen molar-refractivity contribution in [3.8, 4) is 0 Å². The van der Waals surface area contributed by atoms with Crippen LogP contribution in [0.5, 0.6) is 0 Å². The van der Waals surface area contributed by atoms with Gasteiger partial charge in [0.1, 0.15) is 6.04 Å². The monoisotopic (exact) mass is 327 g/mol. The van der Waals surface area contributed by atoms with E-state index in [1.165, 1.54) is 7.05 Å². The molecule has 0 aromatic heterocycles. The topological polar surface area (TPSA) is 92.7 Å². The van der Waals surface area contributed by atoms with Crippen LogP contribution in [0.4, 0.5) is 0 Å². The van der Waals surface area contributed by atoms with E-state index >= 15 is 0 Å². The highest BCUT2D eigenvalue weighted by atomic mass is 32.2. The minimum absolute atomic E-state index is 0.168. The Hall–Kier alpha value is -1.44. The van der Waals surface area contributed by atoms with Gasteiger partial charge in [0, 0.05) is 0 Å². The third kappa shape index (κ3) is 3.16. The molecule has 2 rings (SSSR count). The van der Waals surface area contributed by atoms with Crippen LogP contribution < -0.4 is 5.32 Å². The van der Waals surface area contributed by atoms with Crippen LogP contribution in [-0.2, 0) is 19.4 Å². The van der Waals surface area contributed by atoms with Gasteiger partial charge in [0.15, 0.2) is 5.44 Å². The fourth-order valence-corrected chi connectivity index (χ4v) is 4.37. The number of benzene rings is 1. The Kier molecular flexibility index (Phi) is 4.89. The number of nitrogens with one attached hydrogen (secondary N) is 1. The van der Waals surface area contributed by atoms with Crippen LogP contribution in [0.3, 0.4) is 0 Å². The van der Waals surface area contributed by atoms with Gasteiger partial charge < -0.3 is 15.2 Å². The fraction of sp³-hybridized carbons (Fsp3) is 0.533. The molecule has 0 radical (unpaired) electrons. The maximum Gasteiger partial charge on any atom is 0.323 e. The third-order valence-electron chi connectivity index (χ3n) is 4.04. The van der Waals surface area contributed by atoms with Gasteiger partial charge in [-0.1, -0.05) is 24.6 Å². The predicted octanol–water partition coefficient (Wildman–Crippen LogP) is 1.19. The second-order valence-electron chi connectivity index (χ2n) is 5.71. The van der Waals surface area contributed by atoms with Crippen LogP contribution in [0.25, 0.3) is 0 Å². The summed E-state index contributed by atoms with van der Waals surface area (Å²) in [7, 11) is -2.11. The van der Waals surface area contributed by atoms with E-state index in [0.29, 0.717) is 0 Å². The van der Waals surface area contributed by atoms with E-state index in [0.717, 1.165) is 5.56 Å². The quantitative estimate of drug-likeness (QED) is 0.844. The van der Waals surface area contributed by atoms with Gasteiger partial charge in [-0.3, -0.25) is 4.79 Å². The maximum atomic E-state index is 12.6. The minimum Gasteiger partial charge on any atom is -0.480 e. The summed E-state index contributed by atoms with van der Waals surface area (Å²) < 4.78 is 30.9. The van der Waals surface area contributed by atoms with Crippen LogP contribution in [0.2, 0.25) is 0 Å². The molecule has 1 heterocycles. The zero-order chi connectivity index (χ0) is 16.5. The first-order chi connectivity index (χ1) is 10.3. The summed E-state index contributed by atoms with van der Waals surface area (Å²) in [4.78, 5) is 11.4. The Balaban J connectivity index is 2.24. The van der Waals surface area contributed by atoms with E-state index in [1.54, 1.807) is 24.3 Å². The first kappa shape index (κ1) is 16.9. The highest BCUT2D eigenvalue weighted by Crippen LogP contribution is 2.34. The second kappa shape index (κ2) is 6.36. The number of aryl methyl sites for hydroxylation is 1. The van der Waals surface area contributed by atoms with Crippen LogP contribution in [0, 0.1) is 12.8 Å². The molecule has 0 saturated carbocycles. The third-order valence-corrected chi connectivity index (χ3v) is 5.96. The lowest BCUT2D eigenvalue weighted by Crippen LogP contribution is -2.46. The molecule has 1 aromatic rings. The standard InChI is InChI=1S/C15H21NO5S/c1-9-4-6-11(7-5-9)22(19,20)12-8-10(2)14(21-12)13(16-3)15(17)18/h4-7,10,12-14,16H,8H2,1-3H3,(H,17,18)/t10-,12?,13?,14-/m1/s1. The summed E-state index contributed by atoms with van der Waals surface area (Å²) in [5.74, 6) is -1.22. The number of likely N-dealkylation sites (N-methyl/N-ethyl adjacent to an activating group) is 1. The Bertz CT molecular complexity index is 640. The molecular formula is C15H21NO5S. The van der Waals surface area contributed by atoms with Crippen LogP contribution in [0.1, 0.15) is 18.9 Å². The SMILES string of the molecule is CNC(C(=O)O)[C@@H]1OC(S(=O)(=O)c2ccc(C)cc2)C[C@H]1C. The van der Waals surface area contributed by atoms with Crippen molar-refractivity contribution in [2.45, 2.75) is 42.7 Å². The number of carbonyl (C=O) groups is 1. The largest absolute Gasteiger partial charge is 0.480 e. The molecule has 0 spiro atoms. The summed E-state index contributed by atoms with van der Waals surface area (Å²) in [5, 5.41) is 11.9. The Morgan fingerprint density at radius 3 is 2.45 bits per heavy atom. The zero-order valence-electron chi connectivity index (χ0n) is 12.8. The van der Waals surface area contributed by atoms with Crippen LogP contribution in [-0.4, -0.2) is 44.1 Å². The van der Waals surface area contributed by atoms with E-state index < -0.39 is 33.4 Å². The number of carboxylic acids is 1. The van der Waals surface area contributed by atoms with Gasteiger partial charge in [-0.15, -0.1) is 0 Å². The molecular weight excluding hydrogens is 306 g/mol. The molecule has 22 heavy (non-hydrogen) atoms. The van der Waals surface area contributed by atoms with Crippen molar-refractivity contribution in [2.24, 2.45) is 5.92 Å². The molecule has 1 aromatic carbocycles. The van der Waals surface area contributed by atoms with E-state index in [2.05, 4.69) is 5.32 Å². The number of sulfone groups is 1. The van der Waals surface area contributed by atoms with E-state index in [9.17, 15) is 18.3 Å². The highest BCUT2D eigenvalue weighted by Gasteiger charge is 2.45. The molecule has 1 aliphatic rings. The summed E-state index contributed by atoms with van der Waals surface area (Å²) in [5.41, 5.74) is -0.0379. The van der Waals surface area contributed by atoms with E-state index in [-0.39, 0.29) is 17.2 Å². The highest BCUT2D eigenvalue weighted by molar-refractivity contribution is 7.92. The van der Waals surface area contributed by atoms with Crippen molar-refractivity contribution in [1.82, 2.24) is 5.32 Å². The van der Waals surface area contributed by atoms with Crippen LogP contribution >= 0.6 is 0 Å². The average molecular weight is 327 g/mol. The lowest BCUT2D eigenvalue weighted by molar-refractivity contribution is -0.143. The zero-order valence-corrected chi connectivity index (χ0v) is 13.6. The summed E-state index contributed by atoms with van der Waals surface area (Å²) in [6, 6.07) is 5.65. The lowest BCUT2D eigenvalue weighted by Gasteiger charge is -2.22. The smallest absolute Gasteiger partial charge is 0.323 e. The Labute approximate surface area is 130 Å². The van der Waals surface area contributed by atoms with Crippen molar-refractivity contribution in [3.63, 3.8) is 0 Å². The van der Waals surface area contributed by atoms with Crippen molar-refractivity contribution in [1.29, 1.82) is 0 Å². The van der Waals surface area contributed by atoms with Crippen molar-refractivity contribution in [2.75, 3.05) is 7.05 Å². The Morgan fingerprint density at radius 2 is 1.95 bits per heavy atom. The first-order valence-corrected chi connectivity index (χ1v) is 8.68. The molecule has 7 heteroatoms. The summed E-state index contributed by atoms with van der Waals surface area (Å²) >= 11 is 0. The van der Waals surface area contributed by atoms with E-state index in [1.807, 2.05) is 13.8 Å². The fourth-order valence-electron chi connectivity index (χ4n) is 2.72. The first-order valence-electron chi connectivity index (χ1n) is 7.13. The normalized spacial score (nSPS) is 26.8. The number of aliphatic carboxylic acids is 1. The van der Waals surface area contributed by atoms with Gasteiger partial charge in [-0.25, -0.2) is 8.42 Å². The summed E-state index contributed by atoms with van der Waals surface area (Å²) in [6.45, 7) is 3.69. The van der Waals surface area contributed by atoms with Gasteiger partial charge in [0.05, 0.1) is 11.0 Å². The molecule has 1 saturated heterocycles. The molecule has 1 aliphatic heterocycles. The van der Waals surface area contributed by atoms with Crippen LogP contribution in [0.15, 0.2) is 29.2 Å². The van der Waals surface area contributed by atoms with Gasteiger partial charge in [-0.05, 0) is 38.4 Å². The van der Waals surface area contributed by atoms with Gasteiger partial charge >= 0.3 is 5.97 Å². The summed E-state index contributed by atoms with van der Waals surface area (Å²) in [6.07, 6.45) is -0.389. The molecule has 122 valence electrons. The molecule has 0 aliphatic carbocycles. The molecule has 1 fully saturated rings. The van der Waals surface area contributed by atoms with Gasteiger partial charge in [-0.2, -0.15) is 0 Å².